The molecule has 1 aromatic heterocycles. The number of aromatic carboxylic acids is 2. The van der Waals surface area contributed by atoms with Gasteiger partial charge in [-0.2, -0.15) is 0 Å². The van der Waals surface area contributed by atoms with E-state index in [1.165, 1.54) is 0 Å². The maximum atomic E-state index is 10.9. The fourth-order valence-electron chi connectivity index (χ4n) is 1.77. The number of benzene rings is 1. The van der Waals surface area contributed by atoms with Crippen molar-refractivity contribution >= 4 is 11.9 Å². The fraction of sp³-hybridized carbons (Fsp3) is 0.214. The average Bonchev–Trinajstić information content (AvgIpc) is 2.83. The molecule has 20 heavy (non-hydrogen) atoms. The van der Waals surface area contributed by atoms with Crippen LogP contribution in [0.1, 0.15) is 38.1 Å². The Morgan fingerprint density at radius 2 is 1.75 bits per heavy atom. The minimum atomic E-state index is -1.43. The summed E-state index contributed by atoms with van der Waals surface area (Å²) < 4.78 is 4.99. The number of carbonyl (C=O) groups is 2. The Hall–Kier alpha value is -2.63. The van der Waals surface area contributed by atoms with E-state index in [1.54, 1.807) is 0 Å². The van der Waals surface area contributed by atoms with Crippen LogP contribution in [0.15, 0.2) is 28.7 Å². The predicted molar refractivity (Wildman–Crippen MR) is 69.0 cm³/mol. The first-order valence-corrected chi connectivity index (χ1v) is 5.99. The molecule has 0 radical (unpaired) electrons. The smallest absolute Gasteiger partial charge is 0.374 e. The topological polar surface area (TPSA) is 101 Å². The molecule has 0 atom stereocenters. The maximum Gasteiger partial charge on any atom is 0.374 e. The average molecular weight is 275 g/mol. The van der Waals surface area contributed by atoms with Crippen LogP contribution in [0.5, 0.6) is 0 Å². The molecule has 0 amide bonds. The van der Waals surface area contributed by atoms with E-state index in [2.05, 4.69) is 4.98 Å². The second kappa shape index (κ2) is 5.56. The van der Waals surface area contributed by atoms with Crippen LogP contribution in [0.3, 0.4) is 0 Å². The Kier molecular flexibility index (Phi) is 3.84. The van der Waals surface area contributed by atoms with Gasteiger partial charge in [-0.3, -0.25) is 0 Å². The van der Waals surface area contributed by atoms with E-state index in [0.29, 0.717) is 12.8 Å². The molecule has 0 aliphatic carbocycles. The maximum absolute atomic E-state index is 10.9. The number of nitrogens with zero attached hydrogens (tertiary/aromatic N) is 1. The van der Waals surface area contributed by atoms with Gasteiger partial charge in [0.05, 0.1) is 0 Å². The van der Waals surface area contributed by atoms with Gasteiger partial charge in [0.25, 0.3) is 0 Å². The molecular weight excluding hydrogens is 262 g/mol. The minimum Gasteiger partial charge on any atom is -0.476 e. The molecule has 1 aromatic carbocycles. The van der Waals surface area contributed by atoms with Gasteiger partial charge < -0.3 is 14.6 Å². The number of aromatic nitrogens is 1. The van der Waals surface area contributed by atoms with E-state index in [4.69, 9.17) is 14.6 Å². The van der Waals surface area contributed by atoms with Gasteiger partial charge in [-0.15, -0.1) is 0 Å². The first kappa shape index (κ1) is 13.8. The van der Waals surface area contributed by atoms with E-state index in [1.807, 2.05) is 31.2 Å². The molecule has 2 rings (SSSR count). The zero-order valence-corrected chi connectivity index (χ0v) is 10.8. The molecule has 6 nitrogen and oxygen atoms in total. The van der Waals surface area contributed by atoms with Crippen molar-refractivity contribution in [3.05, 3.63) is 52.7 Å². The molecule has 104 valence electrons. The SMILES string of the molecule is Cc1ccc(CCc2nc(C(=O)O)c(C(=O)O)o2)cc1. The van der Waals surface area contributed by atoms with Crippen LogP contribution in [0.2, 0.25) is 0 Å². The third-order valence-electron chi connectivity index (χ3n) is 2.82. The van der Waals surface area contributed by atoms with E-state index in [9.17, 15) is 9.59 Å². The Bertz CT molecular complexity index is 611. The van der Waals surface area contributed by atoms with Gasteiger partial charge >= 0.3 is 11.9 Å². The molecule has 2 N–H and O–H groups in total. The summed E-state index contributed by atoms with van der Waals surface area (Å²) in [6.45, 7) is 1.98. The molecule has 0 saturated carbocycles. The summed E-state index contributed by atoms with van der Waals surface area (Å²) in [4.78, 5) is 25.4. The predicted octanol–water partition coefficient (Wildman–Crippen LogP) is 2.16. The monoisotopic (exact) mass is 275 g/mol. The molecule has 6 heteroatoms. The van der Waals surface area contributed by atoms with Crippen molar-refractivity contribution in [3.63, 3.8) is 0 Å². The second-order valence-corrected chi connectivity index (χ2v) is 4.38. The Balaban J connectivity index is 2.14. The Morgan fingerprint density at radius 1 is 1.10 bits per heavy atom. The number of aryl methyl sites for hydroxylation is 3. The van der Waals surface area contributed by atoms with Gasteiger partial charge in [0, 0.05) is 6.42 Å². The van der Waals surface area contributed by atoms with E-state index < -0.39 is 23.4 Å². The normalized spacial score (nSPS) is 10.4. The van der Waals surface area contributed by atoms with Crippen LogP contribution in [0.4, 0.5) is 0 Å². The number of carboxylic acids is 2. The first-order valence-electron chi connectivity index (χ1n) is 5.99. The summed E-state index contributed by atoms with van der Waals surface area (Å²) in [5.41, 5.74) is 1.63. The van der Waals surface area contributed by atoms with Gasteiger partial charge in [-0.05, 0) is 18.9 Å². The van der Waals surface area contributed by atoms with Crippen molar-refractivity contribution in [3.8, 4) is 0 Å². The Labute approximate surface area is 114 Å². The summed E-state index contributed by atoms with van der Waals surface area (Å²) >= 11 is 0. The number of hydrogen-bond donors (Lipinski definition) is 2. The van der Waals surface area contributed by atoms with E-state index >= 15 is 0 Å². The van der Waals surface area contributed by atoms with Crippen molar-refractivity contribution in [1.29, 1.82) is 0 Å². The van der Waals surface area contributed by atoms with Crippen molar-refractivity contribution in [2.45, 2.75) is 19.8 Å². The molecule has 0 aliphatic rings. The van der Waals surface area contributed by atoms with Crippen LogP contribution >= 0.6 is 0 Å². The van der Waals surface area contributed by atoms with Crippen molar-refractivity contribution in [2.24, 2.45) is 0 Å². The lowest BCUT2D eigenvalue weighted by molar-refractivity contribution is 0.0623. The summed E-state index contributed by atoms with van der Waals surface area (Å²) in [5, 5.41) is 17.7. The highest BCUT2D eigenvalue weighted by atomic mass is 16.4. The molecule has 0 saturated heterocycles. The van der Waals surface area contributed by atoms with Gasteiger partial charge in [0.15, 0.2) is 5.89 Å². The lowest BCUT2D eigenvalue weighted by atomic mass is 10.1. The van der Waals surface area contributed by atoms with Gasteiger partial charge in [-0.25, -0.2) is 14.6 Å². The molecular formula is C14H13NO5. The van der Waals surface area contributed by atoms with Crippen molar-refractivity contribution in [1.82, 2.24) is 4.98 Å². The molecule has 1 heterocycles. The van der Waals surface area contributed by atoms with Gasteiger partial charge in [-0.1, -0.05) is 29.8 Å². The van der Waals surface area contributed by atoms with Crippen LogP contribution in [0, 0.1) is 6.92 Å². The molecule has 0 spiro atoms. The van der Waals surface area contributed by atoms with Crippen molar-refractivity contribution < 1.29 is 24.2 Å². The highest BCUT2D eigenvalue weighted by molar-refractivity contribution is 5.98. The summed E-state index contributed by atoms with van der Waals surface area (Å²) in [5.74, 6) is -3.36. The number of hydrogen-bond acceptors (Lipinski definition) is 4. The molecule has 0 bridgehead atoms. The number of oxazole rings is 1. The zero-order valence-electron chi connectivity index (χ0n) is 10.8. The second-order valence-electron chi connectivity index (χ2n) is 4.38. The summed E-state index contributed by atoms with van der Waals surface area (Å²) in [6.07, 6.45) is 0.940. The third kappa shape index (κ3) is 3.03. The largest absolute Gasteiger partial charge is 0.476 e. The minimum absolute atomic E-state index is 0.111. The lowest BCUT2D eigenvalue weighted by Crippen LogP contribution is -2.05. The quantitative estimate of drug-likeness (QED) is 0.867. The van der Waals surface area contributed by atoms with Crippen molar-refractivity contribution in [2.75, 3.05) is 0 Å². The first-order chi connectivity index (χ1) is 9.47. The molecule has 0 aliphatic heterocycles. The lowest BCUT2D eigenvalue weighted by Gasteiger charge is -1.99. The standard InChI is InChI=1S/C14H13NO5/c1-8-2-4-9(5-3-8)6-7-10-15-11(13(16)17)12(20-10)14(18)19/h2-5H,6-7H2,1H3,(H,16,17)(H,18,19). The number of rotatable bonds is 5. The number of carboxylic acid groups (broad SMARTS) is 2. The highest BCUT2D eigenvalue weighted by Crippen LogP contribution is 2.14. The van der Waals surface area contributed by atoms with Crippen LogP contribution < -0.4 is 0 Å². The van der Waals surface area contributed by atoms with Crippen LogP contribution in [-0.2, 0) is 12.8 Å². The van der Waals surface area contributed by atoms with E-state index in [0.717, 1.165) is 11.1 Å². The summed E-state index contributed by atoms with van der Waals surface area (Å²) in [6, 6.07) is 7.84. The van der Waals surface area contributed by atoms with Gasteiger partial charge in [0.1, 0.15) is 0 Å². The van der Waals surface area contributed by atoms with Crippen LogP contribution in [-0.4, -0.2) is 27.1 Å². The molecule has 0 unspecified atom stereocenters. The third-order valence-corrected chi connectivity index (χ3v) is 2.82. The molecule has 0 fully saturated rings. The van der Waals surface area contributed by atoms with Gasteiger partial charge in [0.2, 0.25) is 11.5 Å². The summed E-state index contributed by atoms with van der Waals surface area (Å²) in [7, 11) is 0. The Morgan fingerprint density at radius 3 is 2.25 bits per heavy atom. The molecule has 2 aromatic rings. The van der Waals surface area contributed by atoms with Crippen LogP contribution in [0.25, 0.3) is 0 Å². The zero-order chi connectivity index (χ0) is 14.7. The fourth-order valence-corrected chi connectivity index (χ4v) is 1.77. The van der Waals surface area contributed by atoms with E-state index in [-0.39, 0.29) is 5.89 Å². The highest BCUT2D eigenvalue weighted by Gasteiger charge is 2.24.